The average Bonchev–Trinajstić information content (AvgIpc) is 2.38. The number of sulfonamides is 1. The highest BCUT2D eigenvalue weighted by atomic mass is 32.2. The molecule has 110 valence electrons. The van der Waals surface area contributed by atoms with E-state index >= 15 is 0 Å². The summed E-state index contributed by atoms with van der Waals surface area (Å²) in [6.45, 7) is 3.27. The highest BCUT2D eigenvalue weighted by Gasteiger charge is 2.22. The van der Waals surface area contributed by atoms with E-state index in [0.29, 0.717) is 5.56 Å². The molecule has 7 heteroatoms. The number of rotatable bonds is 8. The molecule has 0 spiro atoms. The van der Waals surface area contributed by atoms with Gasteiger partial charge in [-0.2, -0.15) is 4.31 Å². The standard InChI is InChI=1S/C13H17NO5S/c1-2-7-14(8-9-15)20(18,19)12-5-3-11(4-6-12)10-13(16)17/h2-6,15H,1,7-10H2,(H,16,17). The third-order valence-electron chi connectivity index (χ3n) is 2.60. The Kier molecular flexibility index (Phi) is 5.87. The van der Waals surface area contributed by atoms with Crippen molar-refractivity contribution in [1.82, 2.24) is 4.31 Å². The molecule has 0 saturated carbocycles. The molecule has 0 aliphatic heterocycles. The van der Waals surface area contributed by atoms with Gasteiger partial charge in [0.2, 0.25) is 10.0 Å². The maximum Gasteiger partial charge on any atom is 0.307 e. The van der Waals surface area contributed by atoms with Crippen molar-refractivity contribution in [3.8, 4) is 0 Å². The van der Waals surface area contributed by atoms with Gasteiger partial charge in [0.05, 0.1) is 17.9 Å². The Morgan fingerprint density at radius 1 is 1.30 bits per heavy atom. The zero-order valence-corrected chi connectivity index (χ0v) is 11.7. The first-order chi connectivity index (χ1) is 9.41. The Hall–Kier alpha value is -1.70. The lowest BCUT2D eigenvalue weighted by atomic mass is 10.2. The predicted octanol–water partition coefficient (Wildman–Crippen LogP) is 0.483. The van der Waals surface area contributed by atoms with Crippen LogP contribution in [0, 0.1) is 0 Å². The second-order valence-electron chi connectivity index (χ2n) is 4.09. The van der Waals surface area contributed by atoms with Crippen LogP contribution in [0.25, 0.3) is 0 Å². The summed E-state index contributed by atoms with van der Waals surface area (Å²) in [5.74, 6) is -0.978. The number of benzene rings is 1. The highest BCUT2D eigenvalue weighted by molar-refractivity contribution is 7.89. The zero-order chi connectivity index (χ0) is 15.2. The molecule has 0 aliphatic rings. The third-order valence-corrected chi connectivity index (χ3v) is 4.48. The molecule has 0 amide bonds. The summed E-state index contributed by atoms with van der Waals surface area (Å²) in [6.07, 6.45) is 1.28. The first-order valence-corrected chi connectivity index (χ1v) is 7.38. The Labute approximate surface area is 118 Å². The normalized spacial score (nSPS) is 11.5. The summed E-state index contributed by atoms with van der Waals surface area (Å²) in [4.78, 5) is 10.6. The fourth-order valence-electron chi connectivity index (χ4n) is 1.67. The molecule has 0 radical (unpaired) electrons. The van der Waals surface area contributed by atoms with Crippen LogP contribution in [0.5, 0.6) is 0 Å². The maximum atomic E-state index is 12.3. The lowest BCUT2D eigenvalue weighted by Gasteiger charge is -2.19. The molecule has 1 aromatic carbocycles. The topological polar surface area (TPSA) is 94.9 Å². The fourth-order valence-corrected chi connectivity index (χ4v) is 3.07. The summed E-state index contributed by atoms with van der Waals surface area (Å²) in [5, 5.41) is 17.6. The van der Waals surface area contributed by atoms with Crippen molar-refractivity contribution in [2.24, 2.45) is 0 Å². The van der Waals surface area contributed by atoms with Crippen molar-refractivity contribution < 1.29 is 23.4 Å². The number of hydrogen-bond acceptors (Lipinski definition) is 4. The molecule has 0 aromatic heterocycles. The molecular weight excluding hydrogens is 282 g/mol. The SMILES string of the molecule is C=CCN(CCO)S(=O)(=O)c1ccc(CC(=O)O)cc1. The van der Waals surface area contributed by atoms with Gasteiger partial charge in [0.15, 0.2) is 0 Å². The fraction of sp³-hybridized carbons (Fsp3) is 0.308. The van der Waals surface area contributed by atoms with Crippen LogP contribution in [0.3, 0.4) is 0 Å². The van der Waals surface area contributed by atoms with Gasteiger partial charge in [-0.3, -0.25) is 4.79 Å². The maximum absolute atomic E-state index is 12.3. The smallest absolute Gasteiger partial charge is 0.307 e. The minimum Gasteiger partial charge on any atom is -0.481 e. The van der Waals surface area contributed by atoms with E-state index in [-0.39, 0.29) is 31.0 Å². The highest BCUT2D eigenvalue weighted by Crippen LogP contribution is 2.16. The summed E-state index contributed by atoms with van der Waals surface area (Å²) in [6, 6.07) is 5.65. The molecule has 6 nitrogen and oxygen atoms in total. The molecule has 0 heterocycles. The molecule has 20 heavy (non-hydrogen) atoms. The number of hydrogen-bond donors (Lipinski definition) is 2. The molecule has 0 aliphatic carbocycles. The number of aliphatic hydroxyl groups excluding tert-OH is 1. The van der Waals surface area contributed by atoms with Gasteiger partial charge in [-0.15, -0.1) is 6.58 Å². The van der Waals surface area contributed by atoms with E-state index in [1.807, 2.05) is 0 Å². The first kappa shape index (κ1) is 16.4. The van der Waals surface area contributed by atoms with Gasteiger partial charge in [-0.25, -0.2) is 8.42 Å². The molecule has 0 bridgehead atoms. The summed E-state index contributed by atoms with van der Waals surface area (Å²) >= 11 is 0. The number of nitrogens with zero attached hydrogens (tertiary/aromatic N) is 1. The molecular formula is C13H17NO5S. The van der Waals surface area contributed by atoms with Crippen LogP contribution in [-0.4, -0.2) is 48.6 Å². The van der Waals surface area contributed by atoms with Crippen molar-refractivity contribution >= 4 is 16.0 Å². The molecule has 1 aromatic rings. The van der Waals surface area contributed by atoms with Crippen molar-refractivity contribution in [1.29, 1.82) is 0 Å². The minimum atomic E-state index is -3.72. The lowest BCUT2D eigenvalue weighted by Crippen LogP contribution is -2.33. The van der Waals surface area contributed by atoms with E-state index in [1.54, 1.807) is 0 Å². The van der Waals surface area contributed by atoms with Gasteiger partial charge in [-0.05, 0) is 17.7 Å². The quantitative estimate of drug-likeness (QED) is 0.681. The summed E-state index contributed by atoms with van der Waals surface area (Å²) in [5.41, 5.74) is 0.522. The monoisotopic (exact) mass is 299 g/mol. The number of aliphatic hydroxyl groups is 1. The van der Waals surface area contributed by atoms with E-state index < -0.39 is 16.0 Å². The van der Waals surface area contributed by atoms with E-state index in [4.69, 9.17) is 10.2 Å². The van der Waals surface area contributed by atoms with Gasteiger partial charge in [-0.1, -0.05) is 18.2 Å². The molecule has 1 rings (SSSR count). The molecule has 0 saturated heterocycles. The van der Waals surface area contributed by atoms with Crippen molar-refractivity contribution in [2.45, 2.75) is 11.3 Å². The summed E-state index contributed by atoms with van der Waals surface area (Å²) < 4.78 is 25.7. The largest absolute Gasteiger partial charge is 0.481 e. The van der Waals surface area contributed by atoms with Crippen LogP contribution in [-0.2, 0) is 21.2 Å². The Morgan fingerprint density at radius 2 is 1.90 bits per heavy atom. The average molecular weight is 299 g/mol. The Bertz CT molecular complexity index is 565. The van der Waals surface area contributed by atoms with E-state index in [9.17, 15) is 13.2 Å². The van der Waals surface area contributed by atoms with Crippen LogP contribution in [0.4, 0.5) is 0 Å². The van der Waals surface area contributed by atoms with Crippen LogP contribution in [0.15, 0.2) is 41.8 Å². The second-order valence-corrected chi connectivity index (χ2v) is 6.03. The molecule has 2 N–H and O–H groups in total. The predicted molar refractivity (Wildman–Crippen MR) is 73.8 cm³/mol. The Balaban J connectivity index is 3.01. The van der Waals surface area contributed by atoms with Crippen molar-refractivity contribution in [3.05, 3.63) is 42.5 Å². The second kappa shape index (κ2) is 7.18. The minimum absolute atomic E-state index is 0.0226. The van der Waals surface area contributed by atoms with Crippen LogP contribution in [0.2, 0.25) is 0 Å². The first-order valence-electron chi connectivity index (χ1n) is 5.94. The van der Waals surface area contributed by atoms with Gasteiger partial charge in [0.25, 0.3) is 0 Å². The zero-order valence-electron chi connectivity index (χ0n) is 10.9. The van der Waals surface area contributed by atoms with Crippen LogP contribution < -0.4 is 0 Å². The van der Waals surface area contributed by atoms with Gasteiger partial charge < -0.3 is 10.2 Å². The summed E-state index contributed by atoms with van der Waals surface area (Å²) in [7, 11) is -3.72. The van der Waals surface area contributed by atoms with Crippen LogP contribution in [0.1, 0.15) is 5.56 Å². The number of carboxylic acids is 1. The Morgan fingerprint density at radius 3 is 2.35 bits per heavy atom. The molecule has 0 fully saturated rings. The van der Waals surface area contributed by atoms with E-state index in [1.165, 1.54) is 30.3 Å². The van der Waals surface area contributed by atoms with Gasteiger partial charge >= 0.3 is 5.97 Å². The van der Waals surface area contributed by atoms with Gasteiger partial charge in [0.1, 0.15) is 0 Å². The van der Waals surface area contributed by atoms with Crippen molar-refractivity contribution in [3.63, 3.8) is 0 Å². The third kappa shape index (κ3) is 4.16. The van der Waals surface area contributed by atoms with Crippen molar-refractivity contribution in [2.75, 3.05) is 19.7 Å². The van der Waals surface area contributed by atoms with Crippen LogP contribution >= 0.6 is 0 Å². The number of aliphatic carboxylic acids is 1. The lowest BCUT2D eigenvalue weighted by molar-refractivity contribution is -0.136. The number of carbonyl (C=O) groups is 1. The van der Waals surface area contributed by atoms with E-state index in [2.05, 4.69) is 6.58 Å². The van der Waals surface area contributed by atoms with E-state index in [0.717, 1.165) is 4.31 Å². The molecule has 0 unspecified atom stereocenters. The number of carboxylic acid groups (broad SMARTS) is 1. The molecule has 0 atom stereocenters. The van der Waals surface area contributed by atoms with Gasteiger partial charge in [0, 0.05) is 13.1 Å².